The number of urea groups is 1. The standard InChI is InChI=1S/C14H14ClN3O4S/c1-2-22-12-7-6-10(23(15,20)21)9-11(12)17-14(19)18-13-5-3-4-8-16-13/h3-9H,2H2,1H3,(H2,16,17,18,19). The van der Waals surface area contributed by atoms with Crippen LogP contribution in [0.15, 0.2) is 47.5 Å². The maximum Gasteiger partial charge on any atom is 0.324 e. The fourth-order valence-corrected chi connectivity index (χ4v) is 2.52. The van der Waals surface area contributed by atoms with E-state index in [0.717, 1.165) is 0 Å². The number of carbonyl (C=O) groups is 1. The van der Waals surface area contributed by atoms with Crippen molar-refractivity contribution in [2.45, 2.75) is 11.8 Å². The number of ether oxygens (including phenoxy) is 1. The highest BCUT2D eigenvalue weighted by atomic mass is 35.7. The highest BCUT2D eigenvalue weighted by Gasteiger charge is 2.15. The summed E-state index contributed by atoms with van der Waals surface area (Å²) in [4.78, 5) is 15.8. The van der Waals surface area contributed by atoms with E-state index in [0.29, 0.717) is 18.2 Å². The molecule has 0 unspecified atom stereocenters. The first kappa shape index (κ1) is 17.0. The van der Waals surface area contributed by atoms with Crippen LogP contribution in [0.1, 0.15) is 6.92 Å². The molecule has 0 saturated heterocycles. The van der Waals surface area contributed by atoms with Crippen LogP contribution in [0, 0.1) is 0 Å². The number of nitrogens with one attached hydrogen (secondary N) is 2. The number of hydrogen-bond donors (Lipinski definition) is 2. The summed E-state index contributed by atoms with van der Waals surface area (Å²) in [5.41, 5.74) is 0.182. The molecule has 1 aromatic heterocycles. The van der Waals surface area contributed by atoms with E-state index in [1.54, 1.807) is 25.1 Å². The second-order valence-electron chi connectivity index (χ2n) is 4.32. The lowest BCUT2D eigenvalue weighted by molar-refractivity contribution is 0.262. The average Bonchev–Trinajstić information content (AvgIpc) is 2.49. The van der Waals surface area contributed by atoms with Crippen molar-refractivity contribution in [3.63, 3.8) is 0 Å². The Hall–Kier alpha value is -2.32. The van der Waals surface area contributed by atoms with E-state index in [4.69, 9.17) is 15.4 Å². The van der Waals surface area contributed by atoms with Crippen LogP contribution in [0.5, 0.6) is 5.75 Å². The number of amides is 2. The summed E-state index contributed by atoms with van der Waals surface area (Å²) in [5.74, 6) is 0.678. The molecule has 122 valence electrons. The molecule has 0 fully saturated rings. The van der Waals surface area contributed by atoms with Crippen LogP contribution < -0.4 is 15.4 Å². The number of pyridine rings is 1. The van der Waals surface area contributed by atoms with Crippen molar-refractivity contribution in [2.24, 2.45) is 0 Å². The Kier molecular flexibility index (Phi) is 5.41. The minimum atomic E-state index is -3.92. The molecule has 23 heavy (non-hydrogen) atoms. The minimum Gasteiger partial charge on any atom is -0.492 e. The third-order valence-electron chi connectivity index (χ3n) is 2.69. The lowest BCUT2D eigenvalue weighted by atomic mass is 10.3. The van der Waals surface area contributed by atoms with Gasteiger partial charge in [-0.2, -0.15) is 0 Å². The van der Waals surface area contributed by atoms with Gasteiger partial charge in [0.25, 0.3) is 9.05 Å². The molecular weight excluding hydrogens is 342 g/mol. The van der Waals surface area contributed by atoms with Crippen molar-refractivity contribution in [1.82, 2.24) is 4.98 Å². The van der Waals surface area contributed by atoms with Gasteiger partial charge in [0.05, 0.1) is 17.2 Å². The molecule has 0 bridgehead atoms. The molecule has 0 aliphatic heterocycles. The van der Waals surface area contributed by atoms with Gasteiger partial charge >= 0.3 is 6.03 Å². The second-order valence-corrected chi connectivity index (χ2v) is 6.89. The summed E-state index contributed by atoms with van der Waals surface area (Å²) in [6, 6.07) is 8.41. The SMILES string of the molecule is CCOc1ccc(S(=O)(=O)Cl)cc1NC(=O)Nc1ccccn1. The zero-order chi connectivity index (χ0) is 16.9. The predicted molar refractivity (Wildman–Crippen MR) is 87.5 cm³/mol. The van der Waals surface area contributed by atoms with E-state index >= 15 is 0 Å². The average molecular weight is 356 g/mol. The van der Waals surface area contributed by atoms with Crippen LogP contribution >= 0.6 is 10.7 Å². The number of aromatic nitrogens is 1. The van der Waals surface area contributed by atoms with Crippen molar-refractivity contribution in [1.29, 1.82) is 0 Å². The Morgan fingerprint density at radius 1 is 1.26 bits per heavy atom. The van der Waals surface area contributed by atoms with Crippen LogP contribution in [0.2, 0.25) is 0 Å². The van der Waals surface area contributed by atoms with Crippen molar-refractivity contribution < 1.29 is 17.9 Å². The molecule has 2 amide bonds. The summed E-state index contributed by atoms with van der Waals surface area (Å²) < 4.78 is 28.2. The van der Waals surface area contributed by atoms with Crippen molar-refractivity contribution >= 4 is 37.3 Å². The first-order valence-corrected chi connectivity index (χ1v) is 8.91. The summed E-state index contributed by atoms with van der Waals surface area (Å²) in [6.07, 6.45) is 1.53. The second kappa shape index (κ2) is 7.30. The molecule has 0 atom stereocenters. The topological polar surface area (TPSA) is 97.4 Å². The molecule has 2 N–H and O–H groups in total. The maximum atomic E-state index is 12.0. The largest absolute Gasteiger partial charge is 0.492 e. The number of rotatable bonds is 5. The molecular formula is C14H14ClN3O4S. The monoisotopic (exact) mass is 355 g/mol. The summed E-state index contributed by atoms with van der Waals surface area (Å²) in [6.45, 7) is 2.12. The molecule has 0 aliphatic rings. The number of halogens is 1. The number of hydrogen-bond acceptors (Lipinski definition) is 5. The van der Waals surface area contributed by atoms with E-state index in [-0.39, 0.29) is 10.6 Å². The van der Waals surface area contributed by atoms with Gasteiger partial charge in [-0.3, -0.25) is 5.32 Å². The molecule has 1 heterocycles. The van der Waals surface area contributed by atoms with Gasteiger partial charge in [-0.25, -0.2) is 18.2 Å². The van der Waals surface area contributed by atoms with E-state index in [2.05, 4.69) is 15.6 Å². The molecule has 0 saturated carbocycles. The highest BCUT2D eigenvalue weighted by molar-refractivity contribution is 8.13. The van der Waals surface area contributed by atoms with Crippen LogP contribution in [0.3, 0.4) is 0 Å². The molecule has 9 heteroatoms. The summed E-state index contributed by atoms with van der Waals surface area (Å²) >= 11 is 0. The predicted octanol–water partition coefficient (Wildman–Crippen LogP) is 3.05. The Labute approximate surface area is 138 Å². The third-order valence-corrected chi connectivity index (χ3v) is 4.04. The van der Waals surface area contributed by atoms with Gasteiger partial charge in [0.1, 0.15) is 11.6 Å². The number of anilines is 2. The van der Waals surface area contributed by atoms with Gasteiger partial charge in [0.2, 0.25) is 0 Å². The maximum absolute atomic E-state index is 12.0. The molecule has 0 aliphatic carbocycles. The van der Waals surface area contributed by atoms with Crippen molar-refractivity contribution in [2.75, 3.05) is 17.2 Å². The van der Waals surface area contributed by atoms with E-state index in [9.17, 15) is 13.2 Å². The van der Waals surface area contributed by atoms with Crippen LogP contribution in [0.25, 0.3) is 0 Å². The molecule has 2 aromatic rings. The Morgan fingerprint density at radius 2 is 2.04 bits per heavy atom. The molecule has 1 aromatic carbocycles. The fraction of sp³-hybridized carbons (Fsp3) is 0.143. The Morgan fingerprint density at radius 3 is 2.65 bits per heavy atom. The molecule has 0 radical (unpaired) electrons. The molecule has 7 nitrogen and oxygen atoms in total. The first-order valence-electron chi connectivity index (χ1n) is 6.60. The van der Waals surface area contributed by atoms with E-state index in [1.807, 2.05) is 0 Å². The first-order chi connectivity index (χ1) is 10.9. The summed E-state index contributed by atoms with van der Waals surface area (Å²) in [7, 11) is 1.40. The Bertz CT molecular complexity index is 797. The van der Waals surface area contributed by atoms with Gasteiger partial charge in [-0.1, -0.05) is 6.07 Å². The quantitative estimate of drug-likeness (QED) is 0.803. The lowest BCUT2D eigenvalue weighted by Crippen LogP contribution is -2.20. The fourth-order valence-electron chi connectivity index (χ4n) is 1.75. The zero-order valence-corrected chi connectivity index (χ0v) is 13.7. The van der Waals surface area contributed by atoms with Crippen LogP contribution in [-0.2, 0) is 9.05 Å². The van der Waals surface area contributed by atoms with Crippen LogP contribution in [0.4, 0.5) is 16.3 Å². The summed E-state index contributed by atoms with van der Waals surface area (Å²) in [5, 5.41) is 5.04. The minimum absolute atomic E-state index is 0.143. The van der Waals surface area contributed by atoms with Gasteiger partial charge in [0.15, 0.2) is 0 Å². The Balaban J connectivity index is 2.24. The van der Waals surface area contributed by atoms with Crippen LogP contribution in [-0.4, -0.2) is 26.0 Å². The normalized spacial score (nSPS) is 10.9. The lowest BCUT2D eigenvalue weighted by Gasteiger charge is -2.13. The van der Waals surface area contributed by atoms with Crippen molar-refractivity contribution in [3.05, 3.63) is 42.6 Å². The van der Waals surface area contributed by atoms with Gasteiger partial charge in [-0.15, -0.1) is 0 Å². The van der Waals surface area contributed by atoms with Crippen molar-refractivity contribution in [3.8, 4) is 5.75 Å². The zero-order valence-electron chi connectivity index (χ0n) is 12.1. The highest BCUT2D eigenvalue weighted by Crippen LogP contribution is 2.29. The number of nitrogens with zero attached hydrogens (tertiary/aromatic N) is 1. The van der Waals surface area contributed by atoms with Gasteiger partial charge in [-0.05, 0) is 37.3 Å². The van der Waals surface area contributed by atoms with E-state index < -0.39 is 15.1 Å². The van der Waals surface area contributed by atoms with Gasteiger partial charge in [0, 0.05) is 16.9 Å². The van der Waals surface area contributed by atoms with E-state index in [1.165, 1.54) is 24.4 Å². The molecule has 2 rings (SSSR count). The third kappa shape index (κ3) is 4.83. The van der Waals surface area contributed by atoms with Gasteiger partial charge < -0.3 is 10.1 Å². The molecule has 0 spiro atoms. The number of carbonyl (C=O) groups excluding carboxylic acids is 1. The number of benzene rings is 1. The smallest absolute Gasteiger partial charge is 0.324 e.